The first-order valence-corrected chi connectivity index (χ1v) is 11.5. The van der Waals surface area contributed by atoms with Gasteiger partial charge in [-0.15, -0.1) is 0 Å². The molecule has 158 valence electrons. The fourth-order valence-electron chi connectivity index (χ4n) is 3.22. The predicted octanol–water partition coefficient (Wildman–Crippen LogP) is 3.30. The summed E-state index contributed by atoms with van der Waals surface area (Å²) in [4.78, 5) is 12.9. The number of hydrogen-bond acceptors (Lipinski definition) is 4. The van der Waals surface area contributed by atoms with Gasteiger partial charge in [-0.2, -0.15) is 0 Å². The number of sulfonamides is 1. The number of nitrogens with zero attached hydrogens (tertiary/aromatic N) is 1. The number of rotatable bonds is 9. The minimum absolute atomic E-state index is 0.0917. The maximum absolute atomic E-state index is 12.9. The second kappa shape index (κ2) is 9.78. The SMILES string of the molecule is COc1ccc(C)cc1N([C@@H](C)C(=O)N[C@@H](C)CCc1ccccc1)S(C)(=O)=O. The highest BCUT2D eigenvalue weighted by Crippen LogP contribution is 2.32. The molecule has 0 aliphatic carbocycles. The van der Waals surface area contributed by atoms with E-state index < -0.39 is 16.1 Å². The minimum Gasteiger partial charge on any atom is -0.495 e. The van der Waals surface area contributed by atoms with Crippen LogP contribution in [-0.4, -0.2) is 39.8 Å². The van der Waals surface area contributed by atoms with E-state index in [9.17, 15) is 13.2 Å². The Hall–Kier alpha value is -2.54. The van der Waals surface area contributed by atoms with Crippen molar-refractivity contribution in [2.75, 3.05) is 17.7 Å². The number of benzene rings is 2. The van der Waals surface area contributed by atoms with Crippen LogP contribution in [0.1, 0.15) is 31.4 Å². The van der Waals surface area contributed by atoms with Crippen molar-refractivity contribution in [1.29, 1.82) is 0 Å². The van der Waals surface area contributed by atoms with Gasteiger partial charge in [0.25, 0.3) is 0 Å². The molecule has 1 N–H and O–H groups in total. The van der Waals surface area contributed by atoms with Crippen molar-refractivity contribution in [3.8, 4) is 5.75 Å². The topological polar surface area (TPSA) is 75.7 Å². The lowest BCUT2D eigenvalue weighted by Crippen LogP contribution is -2.50. The fraction of sp³-hybridized carbons (Fsp3) is 0.409. The van der Waals surface area contributed by atoms with Crippen LogP contribution >= 0.6 is 0 Å². The smallest absolute Gasteiger partial charge is 0.243 e. The molecule has 0 radical (unpaired) electrons. The summed E-state index contributed by atoms with van der Waals surface area (Å²) in [5.41, 5.74) is 2.43. The Bertz CT molecular complexity index is 929. The van der Waals surface area contributed by atoms with E-state index in [0.717, 1.165) is 29.0 Å². The molecular weight excluding hydrogens is 388 g/mol. The number of carbonyl (C=O) groups is 1. The molecule has 2 atom stereocenters. The van der Waals surface area contributed by atoms with Gasteiger partial charge in [-0.1, -0.05) is 36.4 Å². The molecule has 2 rings (SSSR count). The van der Waals surface area contributed by atoms with Gasteiger partial charge < -0.3 is 10.1 Å². The molecule has 7 heteroatoms. The second-order valence-corrected chi connectivity index (χ2v) is 9.20. The summed E-state index contributed by atoms with van der Waals surface area (Å²) >= 11 is 0. The van der Waals surface area contributed by atoms with E-state index in [-0.39, 0.29) is 11.9 Å². The highest BCUT2D eigenvalue weighted by atomic mass is 32.2. The Kier molecular flexibility index (Phi) is 7.67. The Labute approximate surface area is 173 Å². The van der Waals surface area contributed by atoms with Crippen LogP contribution in [0.15, 0.2) is 48.5 Å². The molecule has 0 heterocycles. The lowest BCUT2D eigenvalue weighted by molar-refractivity contribution is -0.122. The molecule has 0 saturated heterocycles. The van der Waals surface area contributed by atoms with Crippen LogP contribution in [0.3, 0.4) is 0 Å². The Morgan fingerprint density at radius 3 is 2.38 bits per heavy atom. The molecule has 0 bridgehead atoms. The summed E-state index contributed by atoms with van der Waals surface area (Å²) in [6.45, 7) is 5.37. The lowest BCUT2D eigenvalue weighted by Gasteiger charge is -2.30. The van der Waals surface area contributed by atoms with Crippen molar-refractivity contribution in [3.05, 3.63) is 59.7 Å². The zero-order chi connectivity index (χ0) is 21.6. The molecule has 0 aliphatic rings. The van der Waals surface area contributed by atoms with Gasteiger partial charge in [-0.05, 0) is 56.9 Å². The summed E-state index contributed by atoms with van der Waals surface area (Å²) in [7, 11) is -2.23. The average molecular weight is 419 g/mol. The number of carbonyl (C=O) groups excluding carboxylic acids is 1. The third kappa shape index (κ3) is 6.22. The van der Waals surface area contributed by atoms with E-state index in [1.165, 1.54) is 12.7 Å². The quantitative estimate of drug-likeness (QED) is 0.678. The molecule has 29 heavy (non-hydrogen) atoms. The third-order valence-corrected chi connectivity index (χ3v) is 5.99. The number of hydrogen-bond donors (Lipinski definition) is 1. The number of ether oxygens (including phenoxy) is 1. The first-order valence-electron chi connectivity index (χ1n) is 9.62. The molecule has 2 aromatic rings. The Balaban J connectivity index is 2.16. The molecule has 0 unspecified atom stereocenters. The van der Waals surface area contributed by atoms with Crippen molar-refractivity contribution < 1.29 is 17.9 Å². The number of anilines is 1. The van der Waals surface area contributed by atoms with Crippen LogP contribution < -0.4 is 14.4 Å². The fourth-order valence-corrected chi connectivity index (χ4v) is 4.39. The zero-order valence-corrected chi connectivity index (χ0v) is 18.5. The van der Waals surface area contributed by atoms with Crippen molar-refractivity contribution in [2.45, 2.75) is 45.7 Å². The van der Waals surface area contributed by atoms with Crippen LogP contribution in [0.2, 0.25) is 0 Å². The van der Waals surface area contributed by atoms with Crippen LogP contribution in [0.4, 0.5) is 5.69 Å². The standard InChI is InChI=1S/C22H30N2O4S/c1-16-11-14-21(28-4)20(15-16)24(29(5,26)27)18(3)22(25)23-17(2)12-13-19-9-7-6-8-10-19/h6-11,14-15,17-18H,12-13H2,1-5H3,(H,23,25)/t17-,18-/m0/s1. The average Bonchev–Trinajstić information content (AvgIpc) is 2.66. The molecule has 6 nitrogen and oxygen atoms in total. The Morgan fingerprint density at radius 2 is 1.79 bits per heavy atom. The molecule has 0 fully saturated rings. The molecule has 1 amide bonds. The highest BCUT2D eigenvalue weighted by Gasteiger charge is 2.31. The predicted molar refractivity (Wildman–Crippen MR) is 117 cm³/mol. The second-order valence-electron chi connectivity index (χ2n) is 7.34. The van der Waals surface area contributed by atoms with Crippen LogP contribution in [0.25, 0.3) is 0 Å². The number of aryl methyl sites for hydroxylation is 2. The van der Waals surface area contributed by atoms with Gasteiger partial charge in [-0.25, -0.2) is 8.42 Å². The summed E-state index contributed by atoms with van der Waals surface area (Å²) in [5, 5.41) is 2.94. The normalized spacial score (nSPS) is 13.4. The highest BCUT2D eigenvalue weighted by molar-refractivity contribution is 7.92. The summed E-state index contributed by atoms with van der Waals surface area (Å²) in [6.07, 6.45) is 2.69. The van der Waals surface area contributed by atoms with Gasteiger partial charge in [0.05, 0.1) is 19.1 Å². The molecule has 2 aromatic carbocycles. The third-order valence-electron chi connectivity index (χ3n) is 4.76. The van der Waals surface area contributed by atoms with Gasteiger partial charge in [0.1, 0.15) is 11.8 Å². The van der Waals surface area contributed by atoms with Gasteiger partial charge in [0.2, 0.25) is 15.9 Å². The summed E-state index contributed by atoms with van der Waals surface area (Å²) in [5.74, 6) is 0.0531. The molecule has 0 spiro atoms. The van der Waals surface area contributed by atoms with Gasteiger partial charge in [0.15, 0.2) is 0 Å². The summed E-state index contributed by atoms with van der Waals surface area (Å²) < 4.78 is 31.5. The van der Waals surface area contributed by atoms with E-state index in [1.807, 2.05) is 50.2 Å². The molecule has 0 aromatic heterocycles. The monoisotopic (exact) mass is 418 g/mol. The lowest BCUT2D eigenvalue weighted by atomic mass is 10.1. The molecule has 0 saturated carbocycles. The first kappa shape index (κ1) is 22.7. The van der Waals surface area contributed by atoms with Gasteiger partial charge >= 0.3 is 0 Å². The van der Waals surface area contributed by atoms with E-state index in [2.05, 4.69) is 5.32 Å². The van der Waals surface area contributed by atoms with Crippen molar-refractivity contribution >= 4 is 21.6 Å². The van der Waals surface area contributed by atoms with Crippen molar-refractivity contribution in [1.82, 2.24) is 5.32 Å². The van der Waals surface area contributed by atoms with Crippen LogP contribution in [0.5, 0.6) is 5.75 Å². The van der Waals surface area contributed by atoms with Crippen LogP contribution in [0, 0.1) is 6.92 Å². The largest absolute Gasteiger partial charge is 0.495 e. The maximum Gasteiger partial charge on any atom is 0.243 e. The zero-order valence-electron chi connectivity index (χ0n) is 17.7. The Morgan fingerprint density at radius 1 is 1.14 bits per heavy atom. The van der Waals surface area contributed by atoms with E-state index in [0.29, 0.717) is 11.4 Å². The molecule has 0 aliphatic heterocycles. The number of nitrogens with one attached hydrogen (secondary N) is 1. The maximum atomic E-state index is 12.9. The first-order chi connectivity index (χ1) is 13.6. The van der Waals surface area contributed by atoms with E-state index in [4.69, 9.17) is 4.74 Å². The van der Waals surface area contributed by atoms with E-state index in [1.54, 1.807) is 19.1 Å². The summed E-state index contributed by atoms with van der Waals surface area (Å²) in [6, 6.07) is 14.3. The van der Waals surface area contributed by atoms with E-state index >= 15 is 0 Å². The van der Waals surface area contributed by atoms with Crippen LogP contribution in [-0.2, 0) is 21.2 Å². The van der Waals surface area contributed by atoms with Gasteiger partial charge in [-0.3, -0.25) is 9.10 Å². The van der Waals surface area contributed by atoms with Crippen molar-refractivity contribution in [3.63, 3.8) is 0 Å². The minimum atomic E-state index is -3.71. The number of amides is 1. The number of methoxy groups -OCH3 is 1. The van der Waals surface area contributed by atoms with Gasteiger partial charge in [0, 0.05) is 6.04 Å². The van der Waals surface area contributed by atoms with Crippen molar-refractivity contribution in [2.24, 2.45) is 0 Å². The molecular formula is C22H30N2O4S.